The average Bonchev–Trinajstić information content (AvgIpc) is 2.70. The summed E-state index contributed by atoms with van der Waals surface area (Å²) in [6.07, 6.45) is 1.64. The second-order valence-corrected chi connectivity index (χ2v) is 5.04. The molecule has 0 spiro atoms. The van der Waals surface area contributed by atoms with Crippen LogP contribution in [0.4, 0.5) is 5.69 Å². The summed E-state index contributed by atoms with van der Waals surface area (Å²) in [6, 6.07) is 3.20. The Morgan fingerprint density at radius 3 is 2.95 bits per heavy atom. The molecule has 20 heavy (non-hydrogen) atoms. The Kier molecular flexibility index (Phi) is 4.59. The molecule has 0 aliphatic rings. The fourth-order valence-corrected chi connectivity index (χ4v) is 2.25. The number of thiocarbonyl (C=S) groups is 1. The Bertz CT molecular complexity index is 711. The van der Waals surface area contributed by atoms with Gasteiger partial charge in [-0.25, -0.2) is 0 Å². The molecule has 0 unspecified atom stereocenters. The molecule has 0 bridgehead atoms. The minimum absolute atomic E-state index is 0.153. The van der Waals surface area contributed by atoms with E-state index in [2.05, 4.69) is 27.1 Å². The van der Waals surface area contributed by atoms with E-state index in [1.165, 1.54) is 0 Å². The van der Waals surface area contributed by atoms with Gasteiger partial charge in [-0.05, 0) is 24.4 Å². The van der Waals surface area contributed by atoms with Crippen LogP contribution in [-0.2, 0) is 0 Å². The quantitative estimate of drug-likeness (QED) is 0.446. The third-order valence-electron chi connectivity index (χ3n) is 2.42. The summed E-state index contributed by atoms with van der Waals surface area (Å²) < 4.78 is 0. The summed E-state index contributed by atoms with van der Waals surface area (Å²) in [4.78, 5) is 2.72. The molecule has 1 aromatic heterocycles. The first-order chi connectivity index (χ1) is 9.52. The number of aromatic nitrogens is 1. The van der Waals surface area contributed by atoms with Crippen LogP contribution in [0, 0.1) is 0 Å². The molecule has 0 fully saturated rings. The zero-order valence-corrected chi connectivity index (χ0v) is 12.5. The van der Waals surface area contributed by atoms with Crippen molar-refractivity contribution in [2.45, 2.75) is 0 Å². The molecule has 1 heterocycles. The number of halogens is 2. The van der Waals surface area contributed by atoms with E-state index < -0.39 is 0 Å². The highest BCUT2D eigenvalue weighted by Gasteiger charge is 2.14. The summed E-state index contributed by atoms with van der Waals surface area (Å²) in [5.41, 5.74) is 0.764. The third-order valence-corrected chi connectivity index (χ3v) is 3.16. The number of nitrogens with zero attached hydrogens (tertiary/aromatic N) is 2. The van der Waals surface area contributed by atoms with Crippen LogP contribution in [0.1, 0.15) is 0 Å². The number of H-pyrrole nitrogens is 1. The van der Waals surface area contributed by atoms with Gasteiger partial charge in [0.1, 0.15) is 0 Å². The van der Waals surface area contributed by atoms with Crippen molar-refractivity contribution in [3.05, 3.63) is 34.8 Å². The van der Waals surface area contributed by atoms with Crippen LogP contribution < -0.4 is 5.32 Å². The molecule has 0 atom stereocenters. The van der Waals surface area contributed by atoms with Crippen LogP contribution in [0.25, 0.3) is 10.9 Å². The fraction of sp³-hybridized carbons (Fsp3) is 0.0833. The van der Waals surface area contributed by atoms with Gasteiger partial charge in [0.05, 0.1) is 10.5 Å². The van der Waals surface area contributed by atoms with Gasteiger partial charge in [0.2, 0.25) is 11.0 Å². The highest BCUT2D eigenvalue weighted by molar-refractivity contribution is 7.80. The Morgan fingerprint density at radius 2 is 2.25 bits per heavy atom. The molecule has 3 N–H and O–H groups in total. The number of aromatic amines is 1. The summed E-state index contributed by atoms with van der Waals surface area (Å²) in [6.45, 7) is 4.03. The Morgan fingerprint density at radius 1 is 1.50 bits per heavy atom. The molecular weight excluding hydrogens is 319 g/mol. The second kappa shape index (κ2) is 6.21. The average molecular weight is 329 g/mol. The zero-order chi connectivity index (χ0) is 14.7. The van der Waals surface area contributed by atoms with Gasteiger partial charge < -0.3 is 15.4 Å². The Hall–Kier alpha value is -1.63. The van der Waals surface area contributed by atoms with Gasteiger partial charge in [-0.15, -0.1) is 16.8 Å². The lowest BCUT2D eigenvalue weighted by Gasteiger charge is -1.98. The zero-order valence-electron chi connectivity index (χ0n) is 10.2. The number of hydrogen-bond acceptors (Lipinski definition) is 3. The molecular formula is C12H10Cl2N4OS. The van der Waals surface area contributed by atoms with Gasteiger partial charge in [-0.3, -0.25) is 0 Å². The molecule has 0 saturated heterocycles. The number of benzene rings is 1. The lowest BCUT2D eigenvalue weighted by molar-refractivity contribution is 0.459. The first-order valence-electron chi connectivity index (χ1n) is 5.53. The molecule has 2 rings (SSSR count). The molecule has 104 valence electrons. The minimum atomic E-state index is -0.153. The van der Waals surface area contributed by atoms with Crippen molar-refractivity contribution < 1.29 is 5.11 Å². The highest BCUT2D eigenvalue weighted by Crippen LogP contribution is 2.40. The van der Waals surface area contributed by atoms with Gasteiger partial charge >= 0.3 is 0 Å². The van der Waals surface area contributed by atoms with E-state index in [4.69, 9.17) is 35.4 Å². The molecule has 5 nitrogen and oxygen atoms in total. The molecule has 0 aliphatic heterocycles. The Labute approximate surface area is 130 Å². The minimum Gasteiger partial charge on any atom is -0.493 e. The van der Waals surface area contributed by atoms with Crippen molar-refractivity contribution in [3.63, 3.8) is 0 Å². The predicted octanol–water partition coefficient (Wildman–Crippen LogP) is 4.32. The maximum Gasteiger partial charge on any atom is 0.218 e. The number of hydrogen-bond donors (Lipinski definition) is 3. The van der Waals surface area contributed by atoms with Crippen molar-refractivity contribution in [1.29, 1.82) is 0 Å². The lowest BCUT2D eigenvalue weighted by atomic mass is 10.2. The summed E-state index contributed by atoms with van der Waals surface area (Å²) in [5, 5.41) is 21.9. The second-order valence-electron chi connectivity index (χ2n) is 3.81. The van der Waals surface area contributed by atoms with E-state index in [1.807, 2.05) is 0 Å². The topological polar surface area (TPSA) is 72.8 Å². The largest absolute Gasteiger partial charge is 0.493 e. The van der Waals surface area contributed by atoms with E-state index >= 15 is 0 Å². The molecule has 0 amide bonds. The molecule has 0 radical (unpaired) electrons. The number of aromatic hydroxyl groups is 1. The summed E-state index contributed by atoms with van der Waals surface area (Å²) in [7, 11) is 0. The maximum absolute atomic E-state index is 9.85. The molecule has 0 saturated carbocycles. The van der Waals surface area contributed by atoms with Crippen LogP contribution in [0.15, 0.2) is 35.0 Å². The van der Waals surface area contributed by atoms with E-state index in [-0.39, 0.29) is 16.7 Å². The Balaban J connectivity index is 2.39. The van der Waals surface area contributed by atoms with Gasteiger partial charge in [0, 0.05) is 17.0 Å². The molecule has 1 aromatic carbocycles. The van der Waals surface area contributed by atoms with E-state index in [0.29, 0.717) is 27.5 Å². The maximum atomic E-state index is 9.85. The standard InChI is InChI=1S/C12H10Cl2N4OS/c1-2-3-15-12(20)18-17-10-7-4-6(13)5-8(14)9(7)16-11(10)19/h2,4-5,16,19H,1,3H2,(H,15,20). The van der Waals surface area contributed by atoms with Gasteiger partial charge in [0.15, 0.2) is 5.69 Å². The lowest BCUT2D eigenvalue weighted by Crippen LogP contribution is -2.18. The van der Waals surface area contributed by atoms with Crippen LogP contribution in [0.5, 0.6) is 5.88 Å². The van der Waals surface area contributed by atoms with Crippen LogP contribution in [0.2, 0.25) is 10.0 Å². The predicted molar refractivity (Wildman–Crippen MR) is 85.3 cm³/mol. The van der Waals surface area contributed by atoms with Gasteiger partial charge in [-0.2, -0.15) is 0 Å². The molecule has 2 aromatic rings. The summed E-state index contributed by atoms with van der Waals surface area (Å²) >= 11 is 16.9. The first kappa shape index (κ1) is 14.8. The number of rotatable bonds is 3. The van der Waals surface area contributed by atoms with Gasteiger partial charge in [-0.1, -0.05) is 29.3 Å². The van der Waals surface area contributed by atoms with E-state index in [9.17, 15) is 5.11 Å². The third kappa shape index (κ3) is 3.09. The van der Waals surface area contributed by atoms with Crippen molar-refractivity contribution >= 4 is 57.1 Å². The van der Waals surface area contributed by atoms with E-state index in [1.54, 1.807) is 18.2 Å². The van der Waals surface area contributed by atoms with Gasteiger partial charge in [0.25, 0.3) is 0 Å². The van der Waals surface area contributed by atoms with Crippen molar-refractivity contribution in [2.24, 2.45) is 10.2 Å². The molecule has 0 aliphatic carbocycles. The smallest absolute Gasteiger partial charge is 0.218 e. The van der Waals surface area contributed by atoms with Crippen molar-refractivity contribution in [1.82, 2.24) is 10.3 Å². The monoisotopic (exact) mass is 328 g/mol. The molecule has 8 heteroatoms. The van der Waals surface area contributed by atoms with Crippen LogP contribution >= 0.6 is 35.4 Å². The number of fused-ring (bicyclic) bond motifs is 1. The number of nitrogens with one attached hydrogen (secondary N) is 2. The van der Waals surface area contributed by atoms with E-state index in [0.717, 1.165) is 0 Å². The van der Waals surface area contributed by atoms with Crippen molar-refractivity contribution in [3.8, 4) is 5.88 Å². The SMILES string of the molecule is C=CCNC(=S)N=Nc1c(O)[nH]c2c(Cl)cc(Cl)cc12. The first-order valence-corrected chi connectivity index (χ1v) is 6.69. The van der Waals surface area contributed by atoms with Crippen LogP contribution in [-0.4, -0.2) is 21.7 Å². The normalized spacial score (nSPS) is 11.1. The fourth-order valence-electron chi connectivity index (χ4n) is 1.58. The van der Waals surface area contributed by atoms with Crippen LogP contribution in [0.3, 0.4) is 0 Å². The number of azo groups is 1. The highest BCUT2D eigenvalue weighted by atomic mass is 35.5. The van der Waals surface area contributed by atoms with Crippen molar-refractivity contribution in [2.75, 3.05) is 6.54 Å². The summed E-state index contributed by atoms with van der Waals surface area (Å²) in [5.74, 6) is -0.153.